The topological polar surface area (TPSA) is 177 Å². The largest absolute Gasteiger partial charge is 0.504 e. The van der Waals surface area contributed by atoms with Crippen LogP contribution in [0.25, 0.3) is 0 Å². The van der Waals surface area contributed by atoms with Crippen LogP contribution in [0.1, 0.15) is 23.3 Å². The molecule has 38 heavy (non-hydrogen) atoms. The van der Waals surface area contributed by atoms with E-state index in [-0.39, 0.29) is 36.2 Å². The van der Waals surface area contributed by atoms with Crippen LogP contribution in [0.3, 0.4) is 0 Å². The van der Waals surface area contributed by atoms with Crippen molar-refractivity contribution in [2.45, 2.75) is 48.5 Å². The van der Waals surface area contributed by atoms with Gasteiger partial charge in [-0.1, -0.05) is 12.1 Å². The molecule has 0 aliphatic carbocycles. The summed E-state index contributed by atoms with van der Waals surface area (Å²) in [6, 6.07) is 9.75. The standard InChI is InChI=1S/C26H32O12/c1-33-17-8-13(3-5-15(17)28)24-26(32)11-36-23(14(26)10-35-24)12-4-6-16(18(7-12)34-2)37-25-22(31)21(30)20(29)19(9-27)38-25/h3-8,14,19-25,27-32H,9-11H2,1-2H3/t14-,19-,20-,21+,22-,23+,24-,25-,26-/m1/s1. The molecule has 0 amide bonds. The maximum absolute atomic E-state index is 11.6. The summed E-state index contributed by atoms with van der Waals surface area (Å²) in [6.45, 7) is -0.341. The molecule has 0 spiro atoms. The van der Waals surface area contributed by atoms with Crippen molar-refractivity contribution < 1.29 is 59.1 Å². The highest BCUT2D eigenvalue weighted by Gasteiger charge is 2.59. The molecule has 6 N–H and O–H groups in total. The molecule has 0 radical (unpaired) electrons. The molecular weight excluding hydrogens is 504 g/mol. The summed E-state index contributed by atoms with van der Waals surface area (Å²) in [6.07, 6.45) is -8.36. The quantitative estimate of drug-likeness (QED) is 0.275. The van der Waals surface area contributed by atoms with E-state index in [1.807, 2.05) is 0 Å². The number of aromatic hydroxyl groups is 1. The van der Waals surface area contributed by atoms with Gasteiger partial charge in [-0.25, -0.2) is 0 Å². The number of fused-ring (bicyclic) bond motifs is 1. The Hall–Kier alpha value is -2.68. The van der Waals surface area contributed by atoms with Gasteiger partial charge in [-0.3, -0.25) is 0 Å². The van der Waals surface area contributed by atoms with Crippen LogP contribution >= 0.6 is 0 Å². The molecule has 0 aromatic heterocycles. The van der Waals surface area contributed by atoms with E-state index >= 15 is 0 Å². The van der Waals surface area contributed by atoms with Gasteiger partial charge in [-0.05, 0) is 35.4 Å². The van der Waals surface area contributed by atoms with Crippen LogP contribution in [-0.2, 0) is 14.2 Å². The van der Waals surface area contributed by atoms with E-state index in [9.17, 15) is 30.6 Å². The van der Waals surface area contributed by atoms with Gasteiger partial charge in [-0.15, -0.1) is 0 Å². The molecule has 5 rings (SSSR count). The first kappa shape index (κ1) is 26.9. The Morgan fingerprint density at radius 3 is 2.32 bits per heavy atom. The van der Waals surface area contributed by atoms with Gasteiger partial charge in [0.05, 0.1) is 40.1 Å². The number of aliphatic hydroxyl groups is 5. The summed E-state index contributed by atoms with van der Waals surface area (Å²) in [5.41, 5.74) is 0.0111. The summed E-state index contributed by atoms with van der Waals surface area (Å²) in [5.74, 6) is 0.307. The number of rotatable bonds is 7. The molecule has 0 bridgehead atoms. The summed E-state index contributed by atoms with van der Waals surface area (Å²) in [7, 11) is 2.87. The van der Waals surface area contributed by atoms with Crippen molar-refractivity contribution in [3.8, 4) is 23.0 Å². The second-order valence-electron chi connectivity index (χ2n) is 9.70. The van der Waals surface area contributed by atoms with E-state index in [4.69, 9.17) is 28.4 Å². The molecule has 3 saturated heterocycles. The van der Waals surface area contributed by atoms with Crippen molar-refractivity contribution in [3.63, 3.8) is 0 Å². The Kier molecular flexibility index (Phi) is 7.42. The SMILES string of the molecule is COc1cc([C@H]2OC[C@@H]3[C@H](c4ccc(O[C@@H]5O[C@H](CO)[C@@H](O)[C@H](O)[C@H]5O)c(OC)c4)OC[C@]23O)ccc1O. The van der Waals surface area contributed by atoms with E-state index in [1.165, 1.54) is 20.3 Å². The number of phenols is 1. The van der Waals surface area contributed by atoms with Crippen molar-refractivity contribution in [1.29, 1.82) is 0 Å². The fourth-order valence-electron chi connectivity index (χ4n) is 5.37. The second kappa shape index (κ2) is 10.5. The van der Waals surface area contributed by atoms with Gasteiger partial charge in [0.25, 0.3) is 0 Å². The highest BCUT2D eigenvalue weighted by molar-refractivity contribution is 5.46. The number of phenolic OH excluding ortho intramolecular Hbond substituents is 1. The molecule has 12 heteroatoms. The maximum atomic E-state index is 11.6. The molecule has 12 nitrogen and oxygen atoms in total. The Labute approximate surface area is 218 Å². The van der Waals surface area contributed by atoms with Crippen molar-refractivity contribution >= 4 is 0 Å². The monoisotopic (exact) mass is 536 g/mol. The summed E-state index contributed by atoms with van der Waals surface area (Å²) in [4.78, 5) is 0. The van der Waals surface area contributed by atoms with Gasteiger partial charge < -0.3 is 59.1 Å². The number of benzene rings is 2. The van der Waals surface area contributed by atoms with E-state index < -0.39 is 61.0 Å². The normalized spacial score (nSPS) is 36.6. The smallest absolute Gasteiger partial charge is 0.229 e. The first-order valence-corrected chi connectivity index (χ1v) is 12.2. The number of hydrogen-bond acceptors (Lipinski definition) is 12. The van der Waals surface area contributed by atoms with E-state index in [1.54, 1.807) is 30.3 Å². The predicted octanol–water partition coefficient (Wildman–Crippen LogP) is -0.222. The van der Waals surface area contributed by atoms with Crippen molar-refractivity contribution in [3.05, 3.63) is 47.5 Å². The molecule has 3 heterocycles. The zero-order valence-corrected chi connectivity index (χ0v) is 20.8. The van der Waals surface area contributed by atoms with Gasteiger partial charge in [0.1, 0.15) is 36.1 Å². The Morgan fingerprint density at radius 1 is 0.895 bits per heavy atom. The maximum Gasteiger partial charge on any atom is 0.229 e. The molecule has 3 aliphatic rings. The molecular formula is C26H32O12. The van der Waals surface area contributed by atoms with Gasteiger partial charge in [0.15, 0.2) is 23.0 Å². The minimum atomic E-state index is -1.58. The third-order valence-electron chi connectivity index (χ3n) is 7.51. The first-order chi connectivity index (χ1) is 18.2. The fourth-order valence-corrected chi connectivity index (χ4v) is 5.37. The molecule has 3 aliphatic heterocycles. The minimum absolute atomic E-state index is 0.0155. The van der Waals surface area contributed by atoms with Crippen LogP contribution in [0.5, 0.6) is 23.0 Å². The highest BCUT2D eigenvalue weighted by atomic mass is 16.7. The van der Waals surface area contributed by atoms with E-state index in [0.717, 1.165) is 0 Å². The molecule has 0 saturated carbocycles. The molecule has 2 aromatic rings. The van der Waals surface area contributed by atoms with E-state index in [2.05, 4.69) is 0 Å². The van der Waals surface area contributed by atoms with Gasteiger partial charge in [0, 0.05) is 5.92 Å². The average molecular weight is 537 g/mol. The molecule has 208 valence electrons. The van der Waals surface area contributed by atoms with Gasteiger partial charge in [-0.2, -0.15) is 0 Å². The van der Waals surface area contributed by atoms with Crippen LogP contribution in [0, 0.1) is 5.92 Å². The highest BCUT2D eigenvalue weighted by Crippen LogP contribution is 2.54. The Morgan fingerprint density at radius 2 is 1.61 bits per heavy atom. The fraction of sp³-hybridized carbons (Fsp3) is 0.538. The van der Waals surface area contributed by atoms with Crippen LogP contribution in [-0.4, -0.2) is 101 Å². The molecule has 2 aromatic carbocycles. The van der Waals surface area contributed by atoms with Gasteiger partial charge >= 0.3 is 0 Å². The lowest BCUT2D eigenvalue weighted by molar-refractivity contribution is -0.277. The third kappa shape index (κ3) is 4.46. The third-order valence-corrected chi connectivity index (χ3v) is 7.51. The van der Waals surface area contributed by atoms with Gasteiger partial charge in [0.2, 0.25) is 6.29 Å². The average Bonchev–Trinajstić information content (AvgIpc) is 3.43. The summed E-state index contributed by atoms with van der Waals surface area (Å²) < 4.78 is 33.9. The lowest BCUT2D eigenvalue weighted by Gasteiger charge is -2.39. The van der Waals surface area contributed by atoms with Crippen LogP contribution in [0.2, 0.25) is 0 Å². The molecule has 0 unspecified atom stereocenters. The van der Waals surface area contributed by atoms with E-state index in [0.29, 0.717) is 11.1 Å². The Balaban J connectivity index is 1.35. The lowest BCUT2D eigenvalue weighted by atomic mass is 9.81. The van der Waals surface area contributed by atoms with Crippen molar-refractivity contribution in [2.24, 2.45) is 5.92 Å². The Bertz CT molecular complexity index is 1140. The summed E-state index contributed by atoms with van der Waals surface area (Å²) in [5, 5.41) is 61.3. The predicted molar refractivity (Wildman–Crippen MR) is 128 cm³/mol. The van der Waals surface area contributed by atoms with Crippen molar-refractivity contribution in [2.75, 3.05) is 34.0 Å². The number of ether oxygens (including phenoxy) is 6. The number of methoxy groups -OCH3 is 2. The van der Waals surface area contributed by atoms with Crippen LogP contribution < -0.4 is 14.2 Å². The van der Waals surface area contributed by atoms with Crippen LogP contribution in [0.15, 0.2) is 36.4 Å². The molecule has 9 atom stereocenters. The van der Waals surface area contributed by atoms with Crippen LogP contribution in [0.4, 0.5) is 0 Å². The van der Waals surface area contributed by atoms with Crippen molar-refractivity contribution in [1.82, 2.24) is 0 Å². The second-order valence-corrected chi connectivity index (χ2v) is 9.70. The number of aliphatic hydroxyl groups excluding tert-OH is 4. The zero-order chi connectivity index (χ0) is 27.2. The molecule has 3 fully saturated rings. The zero-order valence-electron chi connectivity index (χ0n) is 20.8. The lowest BCUT2D eigenvalue weighted by Crippen LogP contribution is -2.60. The minimum Gasteiger partial charge on any atom is -0.504 e. The first-order valence-electron chi connectivity index (χ1n) is 12.2. The number of hydrogen-bond donors (Lipinski definition) is 6. The summed E-state index contributed by atoms with van der Waals surface area (Å²) >= 11 is 0.